The van der Waals surface area contributed by atoms with Crippen LogP contribution >= 0.6 is 0 Å². The van der Waals surface area contributed by atoms with Crippen molar-refractivity contribution in [1.29, 1.82) is 0 Å². The standard InChI is InChI=1S/C21H23NO3/c1-4-5-6-19-20(17-13-16(25-3)11-12-18(17)22-19)21(23)14-7-9-15(24-2)10-8-14/h7-13,22H,4-6H2,1-3H3. The Morgan fingerprint density at radius 1 is 1.00 bits per heavy atom. The number of fused-ring (bicyclic) bond motifs is 1. The number of unbranched alkanes of at least 4 members (excludes halogenated alkanes) is 1. The first-order valence-electron chi connectivity index (χ1n) is 8.55. The molecule has 4 heteroatoms. The first kappa shape index (κ1) is 17.1. The number of rotatable bonds is 7. The van der Waals surface area contributed by atoms with Crippen molar-refractivity contribution in [1.82, 2.24) is 4.98 Å². The number of carbonyl (C=O) groups is 1. The van der Waals surface area contributed by atoms with E-state index in [9.17, 15) is 4.79 Å². The first-order chi connectivity index (χ1) is 12.2. The monoisotopic (exact) mass is 337 g/mol. The zero-order chi connectivity index (χ0) is 17.8. The van der Waals surface area contributed by atoms with Crippen molar-refractivity contribution in [2.75, 3.05) is 14.2 Å². The lowest BCUT2D eigenvalue weighted by molar-refractivity contribution is 0.103. The van der Waals surface area contributed by atoms with Gasteiger partial charge in [0, 0.05) is 22.2 Å². The minimum atomic E-state index is 0.0215. The maximum absolute atomic E-state index is 13.2. The van der Waals surface area contributed by atoms with E-state index in [2.05, 4.69) is 11.9 Å². The molecule has 0 bridgehead atoms. The second-order valence-corrected chi connectivity index (χ2v) is 6.05. The highest BCUT2D eigenvalue weighted by atomic mass is 16.5. The van der Waals surface area contributed by atoms with E-state index in [1.165, 1.54) is 0 Å². The van der Waals surface area contributed by atoms with Crippen LogP contribution in [0.25, 0.3) is 10.9 Å². The Bertz CT molecular complexity index is 878. The number of carbonyl (C=O) groups excluding carboxylic acids is 1. The number of aromatic nitrogens is 1. The van der Waals surface area contributed by atoms with E-state index >= 15 is 0 Å². The van der Waals surface area contributed by atoms with Gasteiger partial charge >= 0.3 is 0 Å². The van der Waals surface area contributed by atoms with Gasteiger partial charge in [-0.3, -0.25) is 4.79 Å². The van der Waals surface area contributed by atoms with Gasteiger partial charge in [0.2, 0.25) is 0 Å². The molecule has 0 unspecified atom stereocenters. The SMILES string of the molecule is CCCCc1[nH]c2ccc(OC)cc2c1C(=O)c1ccc(OC)cc1. The predicted octanol–water partition coefficient (Wildman–Crippen LogP) is 4.76. The minimum Gasteiger partial charge on any atom is -0.497 e. The van der Waals surface area contributed by atoms with Gasteiger partial charge in [-0.1, -0.05) is 13.3 Å². The number of ether oxygens (including phenoxy) is 2. The Morgan fingerprint density at radius 2 is 1.68 bits per heavy atom. The molecule has 0 aliphatic rings. The molecule has 0 spiro atoms. The molecule has 3 aromatic rings. The summed E-state index contributed by atoms with van der Waals surface area (Å²) in [5.41, 5.74) is 3.35. The Balaban J connectivity index is 2.11. The molecular formula is C21H23NO3. The van der Waals surface area contributed by atoms with Crippen LogP contribution < -0.4 is 9.47 Å². The summed E-state index contributed by atoms with van der Waals surface area (Å²) in [6.45, 7) is 2.15. The number of ketones is 1. The fourth-order valence-corrected chi connectivity index (χ4v) is 3.04. The quantitative estimate of drug-likeness (QED) is 0.633. The second kappa shape index (κ2) is 7.43. The van der Waals surface area contributed by atoms with Crippen LogP contribution in [0.15, 0.2) is 42.5 Å². The summed E-state index contributed by atoms with van der Waals surface area (Å²) in [5.74, 6) is 1.51. The van der Waals surface area contributed by atoms with Crippen LogP contribution in [-0.2, 0) is 6.42 Å². The fraction of sp³-hybridized carbons (Fsp3) is 0.286. The highest BCUT2D eigenvalue weighted by molar-refractivity contribution is 6.17. The fourth-order valence-electron chi connectivity index (χ4n) is 3.04. The molecule has 0 amide bonds. The highest BCUT2D eigenvalue weighted by Crippen LogP contribution is 2.30. The van der Waals surface area contributed by atoms with Gasteiger partial charge in [0.15, 0.2) is 5.78 Å². The normalized spacial score (nSPS) is 10.8. The maximum atomic E-state index is 13.2. The molecule has 2 aromatic carbocycles. The van der Waals surface area contributed by atoms with Gasteiger partial charge < -0.3 is 14.5 Å². The van der Waals surface area contributed by atoms with Crippen molar-refractivity contribution in [3.05, 3.63) is 59.3 Å². The number of methoxy groups -OCH3 is 2. The van der Waals surface area contributed by atoms with E-state index in [4.69, 9.17) is 9.47 Å². The summed E-state index contributed by atoms with van der Waals surface area (Å²) in [7, 11) is 3.25. The first-order valence-corrected chi connectivity index (χ1v) is 8.55. The Hall–Kier alpha value is -2.75. The van der Waals surface area contributed by atoms with Gasteiger partial charge in [-0.2, -0.15) is 0 Å². The molecule has 25 heavy (non-hydrogen) atoms. The van der Waals surface area contributed by atoms with E-state index in [1.807, 2.05) is 42.5 Å². The molecule has 0 saturated carbocycles. The summed E-state index contributed by atoms with van der Waals surface area (Å²) in [6.07, 6.45) is 2.96. The topological polar surface area (TPSA) is 51.3 Å². The number of benzene rings is 2. The lowest BCUT2D eigenvalue weighted by atomic mass is 9.98. The summed E-state index contributed by atoms with van der Waals surface area (Å²) < 4.78 is 10.5. The molecule has 0 saturated heterocycles. The van der Waals surface area contributed by atoms with Gasteiger partial charge in [0.05, 0.1) is 19.8 Å². The van der Waals surface area contributed by atoms with Gasteiger partial charge in [-0.15, -0.1) is 0 Å². The molecule has 0 radical (unpaired) electrons. The summed E-state index contributed by atoms with van der Waals surface area (Å²) in [6, 6.07) is 13.0. The van der Waals surface area contributed by atoms with Crippen LogP contribution in [-0.4, -0.2) is 25.0 Å². The van der Waals surface area contributed by atoms with Gasteiger partial charge in [-0.25, -0.2) is 0 Å². The van der Waals surface area contributed by atoms with Gasteiger partial charge in [0.1, 0.15) is 11.5 Å². The van der Waals surface area contributed by atoms with Crippen LogP contribution in [0.2, 0.25) is 0 Å². The van der Waals surface area contributed by atoms with E-state index in [0.717, 1.165) is 52.9 Å². The second-order valence-electron chi connectivity index (χ2n) is 6.05. The lowest BCUT2D eigenvalue weighted by Gasteiger charge is -2.06. The molecule has 1 heterocycles. The van der Waals surface area contributed by atoms with Crippen LogP contribution in [0, 0.1) is 0 Å². The molecular weight excluding hydrogens is 314 g/mol. The zero-order valence-electron chi connectivity index (χ0n) is 14.9. The third-order valence-electron chi connectivity index (χ3n) is 4.44. The van der Waals surface area contributed by atoms with E-state index in [0.29, 0.717) is 5.56 Å². The molecule has 0 atom stereocenters. The summed E-state index contributed by atoms with van der Waals surface area (Å²) >= 11 is 0. The van der Waals surface area contributed by atoms with Crippen molar-refractivity contribution < 1.29 is 14.3 Å². The van der Waals surface area contributed by atoms with Crippen LogP contribution in [0.4, 0.5) is 0 Å². The van der Waals surface area contributed by atoms with Crippen molar-refractivity contribution in [3.63, 3.8) is 0 Å². The Labute approximate surface area is 147 Å². The molecule has 1 N–H and O–H groups in total. The third kappa shape index (κ3) is 3.38. The molecule has 130 valence electrons. The van der Waals surface area contributed by atoms with Crippen molar-refractivity contribution in [2.24, 2.45) is 0 Å². The average molecular weight is 337 g/mol. The number of hydrogen-bond acceptors (Lipinski definition) is 3. The Morgan fingerprint density at radius 3 is 2.32 bits per heavy atom. The van der Waals surface area contributed by atoms with Gasteiger partial charge in [-0.05, 0) is 55.3 Å². The number of aromatic amines is 1. The van der Waals surface area contributed by atoms with Crippen LogP contribution in [0.5, 0.6) is 11.5 Å². The molecule has 0 fully saturated rings. The molecule has 0 aliphatic heterocycles. The van der Waals surface area contributed by atoms with Gasteiger partial charge in [0.25, 0.3) is 0 Å². The third-order valence-corrected chi connectivity index (χ3v) is 4.44. The highest BCUT2D eigenvalue weighted by Gasteiger charge is 2.20. The molecule has 4 nitrogen and oxygen atoms in total. The largest absolute Gasteiger partial charge is 0.497 e. The molecule has 0 aliphatic carbocycles. The Kier molecular flexibility index (Phi) is 5.08. The van der Waals surface area contributed by atoms with Crippen molar-refractivity contribution in [3.8, 4) is 11.5 Å². The van der Waals surface area contributed by atoms with Crippen LogP contribution in [0.3, 0.4) is 0 Å². The predicted molar refractivity (Wildman–Crippen MR) is 99.9 cm³/mol. The number of aryl methyl sites for hydroxylation is 1. The van der Waals surface area contributed by atoms with E-state index in [1.54, 1.807) is 14.2 Å². The maximum Gasteiger partial charge on any atom is 0.195 e. The summed E-state index contributed by atoms with van der Waals surface area (Å²) in [4.78, 5) is 16.6. The number of nitrogens with one attached hydrogen (secondary N) is 1. The number of H-pyrrole nitrogens is 1. The van der Waals surface area contributed by atoms with Crippen molar-refractivity contribution >= 4 is 16.7 Å². The lowest BCUT2D eigenvalue weighted by Crippen LogP contribution is -2.04. The van der Waals surface area contributed by atoms with E-state index in [-0.39, 0.29) is 5.78 Å². The average Bonchev–Trinajstić information content (AvgIpc) is 3.03. The number of hydrogen-bond donors (Lipinski definition) is 1. The molecule has 3 rings (SSSR count). The van der Waals surface area contributed by atoms with E-state index < -0.39 is 0 Å². The summed E-state index contributed by atoms with van der Waals surface area (Å²) in [5, 5.41) is 0.909. The smallest absolute Gasteiger partial charge is 0.195 e. The molecule has 1 aromatic heterocycles. The minimum absolute atomic E-state index is 0.0215. The zero-order valence-corrected chi connectivity index (χ0v) is 14.9. The van der Waals surface area contributed by atoms with Crippen LogP contribution in [0.1, 0.15) is 41.4 Å². The van der Waals surface area contributed by atoms with Crippen molar-refractivity contribution in [2.45, 2.75) is 26.2 Å².